The first-order valence-electron chi connectivity index (χ1n) is 9.67. The number of hydrogen-bond acceptors (Lipinski definition) is 5. The molecule has 1 fully saturated rings. The number of para-hydroxylation sites is 1. The molecule has 0 spiro atoms. The van der Waals surface area contributed by atoms with Gasteiger partial charge in [0.25, 0.3) is 0 Å². The molecular formula is C21H25N5O2. The molecule has 1 atom stereocenters. The number of nitrogens with zero attached hydrogens (tertiary/aromatic N) is 4. The second kappa shape index (κ2) is 8.50. The van der Waals surface area contributed by atoms with E-state index < -0.39 is 6.04 Å². The third-order valence-corrected chi connectivity index (χ3v) is 5.19. The van der Waals surface area contributed by atoms with Crippen LogP contribution in [-0.4, -0.2) is 52.1 Å². The average molecular weight is 379 g/mol. The number of aromatic nitrogens is 3. The van der Waals surface area contributed by atoms with E-state index in [1.165, 1.54) is 5.56 Å². The lowest BCUT2D eigenvalue weighted by Gasteiger charge is -2.27. The van der Waals surface area contributed by atoms with Crippen LogP contribution in [0.5, 0.6) is 0 Å². The molecule has 0 bridgehead atoms. The zero-order valence-corrected chi connectivity index (χ0v) is 16.0. The number of nitrogens with one attached hydrogen (secondary N) is 1. The topological polar surface area (TPSA) is 72.3 Å². The van der Waals surface area contributed by atoms with Gasteiger partial charge in [-0.1, -0.05) is 41.6 Å². The van der Waals surface area contributed by atoms with Crippen molar-refractivity contribution >= 4 is 16.9 Å². The van der Waals surface area contributed by atoms with Crippen molar-refractivity contribution in [2.24, 2.45) is 0 Å². The van der Waals surface area contributed by atoms with Gasteiger partial charge in [0.2, 0.25) is 5.91 Å². The molecule has 4 rings (SSSR count). The van der Waals surface area contributed by atoms with E-state index in [0.717, 1.165) is 49.4 Å². The highest BCUT2D eigenvalue weighted by Crippen LogP contribution is 2.16. The Labute approximate surface area is 164 Å². The first kappa shape index (κ1) is 18.6. The number of ether oxygens (including phenoxy) is 1. The van der Waals surface area contributed by atoms with Gasteiger partial charge in [-0.05, 0) is 30.2 Å². The summed E-state index contributed by atoms with van der Waals surface area (Å²) >= 11 is 0. The maximum Gasteiger partial charge on any atom is 0.244 e. The van der Waals surface area contributed by atoms with E-state index in [-0.39, 0.29) is 5.91 Å². The van der Waals surface area contributed by atoms with E-state index in [2.05, 4.69) is 32.7 Å². The Morgan fingerprint density at radius 3 is 2.64 bits per heavy atom. The lowest BCUT2D eigenvalue weighted by molar-refractivity contribution is -0.124. The van der Waals surface area contributed by atoms with Crippen molar-refractivity contribution in [2.45, 2.75) is 26.1 Å². The number of fused-ring (bicyclic) bond motifs is 1. The van der Waals surface area contributed by atoms with E-state index in [9.17, 15) is 4.79 Å². The summed E-state index contributed by atoms with van der Waals surface area (Å²) in [4.78, 5) is 15.1. The first-order valence-corrected chi connectivity index (χ1v) is 9.67. The fourth-order valence-electron chi connectivity index (χ4n) is 3.50. The van der Waals surface area contributed by atoms with Crippen LogP contribution in [0.3, 0.4) is 0 Å². The zero-order valence-electron chi connectivity index (χ0n) is 16.0. The minimum atomic E-state index is -0.432. The molecule has 7 heteroatoms. The van der Waals surface area contributed by atoms with Crippen LogP contribution in [0.4, 0.5) is 0 Å². The van der Waals surface area contributed by atoms with Crippen LogP contribution < -0.4 is 5.32 Å². The molecule has 2 heterocycles. The standard InChI is InChI=1S/C21H25N5O2/c1-16(26-20-9-5-4-8-19(20)23-24-26)21(27)22-14-17-6-2-3-7-18(17)15-25-10-12-28-13-11-25/h2-9,16H,10-15H2,1H3,(H,22,27). The van der Waals surface area contributed by atoms with Crippen molar-refractivity contribution in [1.29, 1.82) is 0 Å². The van der Waals surface area contributed by atoms with Crippen LogP contribution in [0.25, 0.3) is 11.0 Å². The quantitative estimate of drug-likeness (QED) is 0.710. The molecule has 0 radical (unpaired) electrons. The van der Waals surface area contributed by atoms with E-state index in [0.29, 0.717) is 6.54 Å². The van der Waals surface area contributed by atoms with Gasteiger partial charge < -0.3 is 10.1 Å². The number of benzene rings is 2. The molecule has 1 aromatic heterocycles. The second-order valence-corrected chi connectivity index (χ2v) is 7.07. The largest absolute Gasteiger partial charge is 0.379 e. The molecule has 1 aliphatic rings. The fraction of sp³-hybridized carbons (Fsp3) is 0.381. The second-order valence-electron chi connectivity index (χ2n) is 7.07. The number of carbonyl (C=O) groups excluding carboxylic acids is 1. The van der Waals surface area contributed by atoms with Crippen LogP contribution in [-0.2, 0) is 22.6 Å². The van der Waals surface area contributed by atoms with Gasteiger partial charge in [-0.15, -0.1) is 5.10 Å². The van der Waals surface area contributed by atoms with Crippen LogP contribution >= 0.6 is 0 Å². The summed E-state index contributed by atoms with van der Waals surface area (Å²) in [6.07, 6.45) is 0. The zero-order chi connectivity index (χ0) is 19.3. The molecule has 1 aliphatic heterocycles. The number of carbonyl (C=O) groups is 1. The summed E-state index contributed by atoms with van der Waals surface area (Å²) < 4.78 is 7.10. The van der Waals surface area contributed by atoms with Crippen molar-refractivity contribution in [2.75, 3.05) is 26.3 Å². The summed E-state index contributed by atoms with van der Waals surface area (Å²) in [7, 11) is 0. The molecule has 1 amide bonds. The van der Waals surface area contributed by atoms with Gasteiger partial charge >= 0.3 is 0 Å². The van der Waals surface area contributed by atoms with E-state index in [1.807, 2.05) is 43.3 Å². The monoisotopic (exact) mass is 379 g/mol. The highest BCUT2D eigenvalue weighted by molar-refractivity contribution is 5.82. The van der Waals surface area contributed by atoms with Crippen molar-refractivity contribution in [1.82, 2.24) is 25.2 Å². The van der Waals surface area contributed by atoms with Gasteiger partial charge in [-0.25, -0.2) is 4.68 Å². The summed E-state index contributed by atoms with van der Waals surface area (Å²) in [5.41, 5.74) is 4.03. The number of rotatable bonds is 6. The highest BCUT2D eigenvalue weighted by Gasteiger charge is 2.19. The average Bonchev–Trinajstić information content (AvgIpc) is 3.17. The van der Waals surface area contributed by atoms with Crippen LogP contribution in [0.2, 0.25) is 0 Å². The Balaban J connectivity index is 1.42. The normalized spacial score (nSPS) is 16.2. The Morgan fingerprint density at radius 2 is 1.82 bits per heavy atom. The van der Waals surface area contributed by atoms with Crippen LogP contribution in [0, 0.1) is 0 Å². The predicted octanol–water partition coefficient (Wildman–Crippen LogP) is 2.14. The van der Waals surface area contributed by atoms with Crippen LogP contribution in [0.1, 0.15) is 24.1 Å². The van der Waals surface area contributed by atoms with Gasteiger partial charge in [-0.3, -0.25) is 9.69 Å². The molecule has 3 aromatic rings. The number of hydrogen-bond donors (Lipinski definition) is 1. The maximum atomic E-state index is 12.7. The van der Waals surface area contributed by atoms with Crippen molar-refractivity contribution in [3.05, 3.63) is 59.7 Å². The molecular weight excluding hydrogens is 354 g/mol. The third-order valence-electron chi connectivity index (χ3n) is 5.19. The highest BCUT2D eigenvalue weighted by atomic mass is 16.5. The fourth-order valence-corrected chi connectivity index (χ4v) is 3.50. The molecule has 28 heavy (non-hydrogen) atoms. The van der Waals surface area contributed by atoms with Gasteiger partial charge in [0.15, 0.2) is 0 Å². The van der Waals surface area contributed by atoms with Crippen molar-refractivity contribution in [3.8, 4) is 0 Å². The molecule has 0 saturated carbocycles. The summed E-state index contributed by atoms with van der Waals surface area (Å²) in [5.74, 6) is -0.0724. The smallest absolute Gasteiger partial charge is 0.244 e. The Morgan fingerprint density at radius 1 is 1.11 bits per heavy atom. The SMILES string of the molecule is CC(C(=O)NCc1ccccc1CN1CCOCC1)n1nnc2ccccc21. The summed E-state index contributed by atoms with van der Waals surface area (Å²) in [6, 6.07) is 15.5. The van der Waals surface area contributed by atoms with Gasteiger partial charge in [-0.2, -0.15) is 0 Å². The molecule has 1 unspecified atom stereocenters. The molecule has 1 saturated heterocycles. The minimum Gasteiger partial charge on any atom is -0.379 e. The summed E-state index contributed by atoms with van der Waals surface area (Å²) in [6.45, 7) is 6.66. The third kappa shape index (κ3) is 4.05. The molecule has 1 N–H and O–H groups in total. The maximum absolute atomic E-state index is 12.7. The predicted molar refractivity (Wildman–Crippen MR) is 107 cm³/mol. The summed E-state index contributed by atoms with van der Waals surface area (Å²) in [5, 5.41) is 11.3. The Kier molecular flexibility index (Phi) is 5.64. The van der Waals surface area contributed by atoms with Crippen molar-refractivity contribution < 1.29 is 9.53 Å². The number of morpholine rings is 1. The molecule has 7 nitrogen and oxygen atoms in total. The first-order chi connectivity index (χ1) is 13.7. The lowest BCUT2D eigenvalue weighted by atomic mass is 10.1. The number of amides is 1. The Bertz CT molecular complexity index is 949. The van der Waals surface area contributed by atoms with Crippen molar-refractivity contribution in [3.63, 3.8) is 0 Å². The Hall–Kier alpha value is -2.77. The van der Waals surface area contributed by atoms with Gasteiger partial charge in [0.05, 0.1) is 18.7 Å². The van der Waals surface area contributed by atoms with Crippen LogP contribution in [0.15, 0.2) is 48.5 Å². The van der Waals surface area contributed by atoms with Gasteiger partial charge in [0.1, 0.15) is 11.6 Å². The molecule has 146 valence electrons. The lowest BCUT2D eigenvalue weighted by Crippen LogP contribution is -2.36. The molecule has 0 aliphatic carbocycles. The minimum absolute atomic E-state index is 0.0724. The molecule has 2 aromatic carbocycles. The van der Waals surface area contributed by atoms with E-state index in [1.54, 1.807) is 4.68 Å². The van der Waals surface area contributed by atoms with Gasteiger partial charge in [0, 0.05) is 26.2 Å². The van der Waals surface area contributed by atoms with E-state index in [4.69, 9.17) is 4.74 Å². The van der Waals surface area contributed by atoms with E-state index >= 15 is 0 Å².